The highest BCUT2D eigenvalue weighted by Gasteiger charge is 2.37. The number of hydrogen-bond acceptors (Lipinski definition) is 4. The summed E-state index contributed by atoms with van der Waals surface area (Å²) in [7, 11) is 0. The lowest BCUT2D eigenvalue weighted by Gasteiger charge is -2.21. The van der Waals surface area contributed by atoms with Gasteiger partial charge in [0.25, 0.3) is 5.91 Å². The van der Waals surface area contributed by atoms with E-state index in [0.717, 1.165) is 30.8 Å². The Labute approximate surface area is 104 Å². The number of likely N-dealkylation sites (tertiary alicyclic amines) is 1. The Balaban J connectivity index is 1.77. The fourth-order valence-corrected chi connectivity index (χ4v) is 3.10. The first-order valence-electron chi connectivity index (χ1n) is 5.85. The third-order valence-electron chi connectivity index (χ3n) is 3.21. The molecular formula is C12H14N2O2S. The summed E-state index contributed by atoms with van der Waals surface area (Å²) >= 11 is 1.61. The molecule has 1 aromatic heterocycles. The van der Waals surface area contributed by atoms with Gasteiger partial charge in [-0.1, -0.05) is 6.07 Å². The maximum atomic E-state index is 12.3. The van der Waals surface area contributed by atoms with E-state index >= 15 is 0 Å². The highest BCUT2D eigenvalue weighted by atomic mass is 32.1. The molecule has 0 saturated carbocycles. The van der Waals surface area contributed by atoms with Crippen molar-refractivity contribution in [3.8, 4) is 0 Å². The van der Waals surface area contributed by atoms with Crippen LogP contribution in [-0.2, 0) is 9.53 Å². The van der Waals surface area contributed by atoms with E-state index in [9.17, 15) is 4.79 Å². The summed E-state index contributed by atoms with van der Waals surface area (Å²) in [6.45, 7) is 1.73. The Hall–Kier alpha value is -1.36. The molecule has 2 atom stereocenters. The molecule has 1 amide bonds. The molecule has 0 bridgehead atoms. The van der Waals surface area contributed by atoms with Crippen LogP contribution in [0.4, 0.5) is 0 Å². The summed E-state index contributed by atoms with van der Waals surface area (Å²) < 4.78 is 5.46. The quantitative estimate of drug-likeness (QED) is 0.803. The van der Waals surface area contributed by atoms with E-state index in [1.165, 1.54) is 6.40 Å². The van der Waals surface area contributed by atoms with E-state index < -0.39 is 0 Å². The number of ether oxygens (including phenoxy) is 1. The molecule has 0 unspecified atom stereocenters. The zero-order valence-corrected chi connectivity index (χ0v) is 10.2. The van der Waals surface area contributed by atoms with Crippen LogP contribution in [0.15, 0.2) is 22.5 Å². The fourth-order valence-electron chi connectivity index (χ4n) is 2.31. The lowest BCUT2D eigenvalue weighted by Crippen LogP contribution is -2.38. The van der Waals surface area contributed by atoms with Gasteiger partial charge in [-0.3, -0.25) is 4.79 Å². The van der Waals surface area contributed by atoms with Crippen LogP contribution in [-0.4, -0.2) is 36.3 Å². The highest BCUT2D eigenvalue weighted by molar-refractivity contribution is 7.10. The smallest absolute Gasteiger partial charge is 0.251 e. The average molecular weight is 250 g/mol. The predicted octanol–water partition coefficient (Wildman–Crippen LogP) is 1.84. The molecule has 2 aliphatic heterocycles. The SMILES string of the molecule is O=C([C@H]1N=CO[C@@H]1c1cccs1)N1CCCC1. The summed E-state index contributed by atoms with van der Waals surface area (Å²) in [5.74, 6) is 0.106. The van der Waals surface area contributed by atoms with E-state index in [-0.39, 0.29) is 18.1 Å². The van der Waals surface area contributed by atoms with Crippen molar-refractivity contribution in [1.29, 1.82) is 0 Å². The van der Waals surface area contributed by atoms with Crippen LogP contribution in [0.3, 0.4) is 0 Å². The molecule has 3 heterocycles. The summed E-state index contributed by atoms with van der Waals surface area (Å²) in [6, 6.07) is 3.58. The molecule has 5 heteroatoms. The number of carbonyl (C=O) groups excluding carboxylic acids is 1. The maximum absolute atomic E-state index is 12.3. The highest BCUT2D eigenvalue weighted by Crippen LogP contribution is 2.31. The van der Waals surface area contributed by atoms with Crippen molar-refractivity contribution in [2.45, 2.75) is 25.0 Å². The number of hydrogen-bond donors (Lipinski definition) is 0. The number of thiophene rings is 1. The van der Waals surface area contributed by atoms with Crippen molar-refractivity contribution in [2.75, 3.05) is 13.1 Å². The van der Waals surface area contributed by atoms with E-state index in [1.54, 1.807) is 11.3 Å². The number of carbonyl (C=O) groups is 1. The molecular weight excluding hydrogens is 236 g/mol. The molecule has 1 fully saturated rings. The Morgan fingerprint density at radius 1 is 1.47 bits per heavy atom. The molecule has 0 aromatic carbocycles. The van der Waals surface area contributed by atoms with Crippen molar-refractivity contribution in [3.05, 3.63) is 22.4 Å². The summed E-state index contributed by atoms with van der Waals surface area (Å²) in [6.07, 6.45) is 3.41. The van der Waals surface area contributed by atoms with Gasteiger partial charge in [-0.15, -0.1) is 11.3 Å². The second-order valence-corrected chi connectivity index (χ2v) is 5.28. The Kier molecular flexibility index (Phi) is 2.84. The molecule has 0 aliphatic carbocycles. The predicted molar refractivity (Wildman–Crippen MR) is 66.2 cm³/mol. The average Bonchev–Trinajstić information content (AvgIpc) is 3.09. The molecule has 3 rings (SSSR count). The van der Waals surface area contributed by atoms with E-state index in [2.05, 4.69) is 4.99 Å². The monoisotopic (exact) mass is 250 g/mol. The Bertz CT molecular complexity index is 424. The van der Waals surface area contributed by atoms with Gasteiger partial charge in [0.05, 0.1) is 0 Å². The standard InChI is InChI=1S/C12H14N2O2S/c15-12(14-5-1-2-6-14)10-11(16-8-13-10)9-4-3-7-17-9/h3-4,7-8,10-11H,1-2,5-6H2/t10-,11+/m0/s1. The largest absolute Gasteiger partial charge is 0.472 e. The van der Waals surface area contributed by atoms with Crippen LogP contribution in [0.1, 0.15) is 23.8 Å². The first-order chi connectivity index (χ1) is 8.36. The van der Waals surface area contributed by atoms with E-state index in [4.69, 9.17) is 4.74 Å². The van der Waals surface area contributed by atoms with Gasteiger partial charge in [0, 0.05) is 18.0 Å². The van der Waals surface area contributed by atoms with Gasteiger partial charge in [0.15, 0.2) is 18.5 Å². The van der Waals surface area contributed by atoms with Gasteiger partial charge in [-0.25, -0.2) is 4.99 Å². The Morgan fingerprint density at radius 2 is 2.29 bits per heavy atom. The van der Waals surface area contributed by atoms with Gasteiger partial charge in [-0.05, 0) is 24.3 Å². The lowest BCUT2D eigenvalue weighted by molar-refractivity contribution is -0.133. The zero-order valence-electron chi connectivity index (χ0n) is 9.41. The molecule has 2 aliphatic rings. The van der Waals surface area contributed by atoms with Crippen LogP contribution in [0, 0.1) is 0 Å². The fraction of sp³-hybridized carbons (Fsp3) is 0.500. The summed E-state index contributed by atoms with van der Waals surface area (Å²) in [4.78, 5) is 19.4. The molecule has 17 heavy (non-hydrogen) atoms. The molecule has 0 N–H and O–H groups in total. The number of amides is 1. The number of nitrogens with zero attached hydrogens (tertiary/aromatic N) is 2. The van der Waals surface area contributed by atoms with Gasteiger partial charge in [0.1, 0.15) is 0 Å². The molecule has 0 spiro atoms. The number of aliphatic imine (C=N–C) groups is 1. The molecule has 4 nitrogen and oxygen atoms in total. The third kappa shape index (κ3) is 1.95. The third-order valence-corrected chi connectivity index (χ3v) is 4.14. The lowest BCUT2D eigenvalue weighted by atomic mass is 10.1. The Morgan fingerprint density at radius 3 is 3.00 bits per heavy atom. The maximum Gasteiger partial charge on any atom is 0.251 e. The second kappa shape index (κ2) is 4.49. The van der Waals surface area contributed by atoms with Gasteiger partial charge in [0.2, 0.25) is 0 Å². The second-order valence-electron chi connectivity index (χ2n) is 4.30. The minimum Gasteiger partial charge on any atom is -0.472 e. The molecule has 1 aromatic rings. The first-order valence-corrected chi connectivity index (χ1v) is 6.73. The minimum atomic E-state index is -0.383. The van der Waals surface area contributed by atoms with Crippen molar-refractivity contribution < 1.29 is 9.53 Å². The van der Waals surface area contributed by atoms with Crippen LogP contribution in [0.2, 0.25) is 0 Å². The van der Waals surface area contributed by atoms with Gasteiger partial charge in [-0.2, -0.15) is 0 Å². The van der Waals surface area contributed by atoms with Crippen molar-refractivity contribution in [2.24, 2.45) is 4.99 Å². The van der Waals surface area contributed by atoms with Crippen LogP contribution >= 0.6 is 11.3 Å². The molecule has 90 valence electrons. The topological polar surface area (TPSA) is 41.9 Å². The zero-order chi connectivity index (χ0) is 11.7. The first kappa shape index (κ1) is 10.8. The van der Waals surface area contributed by atoms with Crippen molar-refractivity contribution in [3.63, 3.8) is 0 Å². The minimum absolute atomic E-state index is 0.106. The van der Waals surface area contributed by atoms with E-state index in [1.807, 2.05) is 22.4 Å². The van der Waals surface area contributed by atoms with Gasteiger partial charge < -0.3 is 9.64 Å². The number of rotatable bonds is 2. The summed E-state index contributed by atoms with van der Waals surface area (Å²) in [5.41, 5.74) is 0. The van der Waals surface area contributed by atoms with Crippen molar-refractivity contribution >= 4 is 23.6 Å². The van der Waals surface area contributed by atoms with Crippen LogP contribution in [0.25, 0.3) is 0 Å². The summed E-state index contributed by atoms with van der Waals surface area (Å²) in [5, 5.41) is 1.99. The van der Waals surface area contributed by atoms with E-state index in [0.29, 0.717) is 0 Å². The van der Waals surface area contributed by atoms with Crippen molar-refractivity contribution in [1.82, 2.24) is 4.90 Å². The molecule has 0 radical (unpaired) electrons. The van der Waals surface area contributed by atoms with Crippen LogP contribution in [0.5, 0.6) is 0 Å². The normalized spacial score (nSPS) is 27.4. The van der Waals surface area contributed by atoms with Crippen LogP contribution < -0.4 is 0 Å². The molecule has 1 saturated heterocycles. The van der Waals surface area contributed by atoms with Gasteiger partial charge >= 0.3 is 0 Å².